The quantitative estimate of drug-likeness (QED) is 0.614. The van der Waals surface area contributed by atoms with Crippen molar-refractivity contribution in [2.24, 2.45) is 0 Å². The SMILES string of the molecule is CN(C)C1CCCN(S(=O)(=O)c2ccc(Cl)cc2[N+](=O)[O-])C1. The van der Waals surface area contributed by atoms with Gasteiger partial charge < -0.3 is 4.90 Å². The average molecular weight is 348 g/mol. The van der Waals surface area contributed by atoms with Gasteiger partial charge in [-0.2, -0.15) is 4.31 Å². The van der Waals surface area contributed by atoms with Crippen LogP contribution < -0.4 is 0 Å². The Bertz CT molecular complexity index is 678. The Labute approximate surface area is 134 Å². The predicted octanol–water partition coefficient (Wildman–Crippen LogP) is 1.96. The molecule has 0 N–H and O–H groups in total. The minimum atomic E-state index is -3.91. The molecule has 2 rings (SSSR count). The molecule has 0 aromatic heterocycles. The third-order valence-electron chi connectivity index (χ3n) is 3.83. The van der Waals surface area contributed by atoms with Gasteiger partial charge in [0.25, 0.3) is 5.69 Å². The van der Waals surface area contributed by atoms with Gasteiger partial charge >= 0.3 is 0 Å². The molecular formula is C13H18ClN3O4S. The predicted molar refractivity (Wildman–Crippen MR) is 83.6 cm³/mol. The number of likely N-dealkylation sites (N-methyl/N-ethyl adjacent to an activating group) is 1. The van der Waals surface area contributed by atoms with E-state index in [0.29, 0.717) is 13.1 Å². The second kappa shape index (κ2) is 6.49. The van der Waals surface area contributed by atoms with Crippen molar-refractivity contribution < 1.29 is 13.3 Å². The summed E-state index contributed by atoms with van der Waals surface area (Å²) in [5.41, 5.74) is -0.487. The molecule has 122 valence electrons. The maximum atomic E-state index is 12.8. The number of piperidine rings is 1. The van der Waals surface area contributed by atoms with E-state index in [1.54, 1.807) is 0 Å². The van der Waals surface area contributed by atoms with Crippen LogP contribution in [-0.4, -0.2) is 55.8 Å². The van der Waals surface area contributed by atoms with Gasteiger partial charge in [-0.05, 0) is 39.1 Å². The highest BCUT2D eigenvalue weighted by atomic mass is 35.5. The van der Waals surface area contributed by atoms with E-state index in [1.165, 1.54) is 16.4 Å². The van der Waals surface area contributed by atoms with Gasteiger partial charge in [-0.25, -0.2) is 8.42 Å². The lowest BCUT2D eigenvalue weighted by atomic mass is 10.1. The van der Waals surface area contributed by atoms with Crippen LogP contribution in [0.2, 0.25) is 5.02 Å². The van der Waals surface area contributed by atoms with Crippen molar-refractivity contribution in [1.82, 2.24) is 9.21 Å². The van der Waals surface area contributed by atoms with Crippen molar-refractivity contribution in [3.05, 3.63) is 33.3 Å². The first-order valence-corrected chi connectivity index (χ1v) is 8.66. The van der Waals surface area contributed by atoms with E-state index >= 15 is 0 Å². The van der Waals surface area contributed by atoms with Gasteiger partial charge in [0.1, 0.15) is 0 Å². The third kappa shape index (κ3) is 3.40. The fourth-order valence-electron chi connectivity index (χ4n) is 2.55. The minimum Gasteiger partial charge on any atom is -0.305 e. The summed E-state index contributed by atoms with van der Waals surface area (Å²) in [5, 5.41) is 11.3. The molecule has 0 aliphatic carbocycles. The van der Waals surface area contributed by atoms with Crippen LogP contribution in [0.15, 0.2) is 23.1 Å². The molecule has 1 aliphatic rings. The van der Waals surface area contributed by atoms with E-state index in [9.17, 15) is 18.5 Å². The smallest absolute Gasteiger partial charge is 0.290 e. The average Bonchev–Trinajstić information content (AvgIpc) is 2.46. The molecule has 1 heterocycles. The zero-order chi connectivity index (χ0) is 16.5. The first kappa shape index (κ1) is 17.1. The van der Waals surface area contributed by atoms with Crippen LogP contribution in [0.5, 0.6) is 0 Å². The highest BCUT2D eigenvalue weighted by Gasteiger charge is 2.35. The summed E-state index contributed by atoms with van der Waals surface area (Å²) in [6.45, 7) is 0.696. The monoisotopic (exact) mass is 347 g/mol. The first-order valence-electron chi connectivity index (χ1n) is 6.84. The van der Waals surface area contributed by atoms with E-state index in [2.05, 4.69) is 0 Å². The zero-order valence-corrected chi connectivity index (χ0v) is 14.0. The van der Waals surface area contributed by atoms with Crippen molar-refractivity contribution in [2.75, 3.05) is 27.2 Å². The number of halogens is 1. The van der Waals surface area contributed by atoms with Crippen molar-refractivity contribution in [3.8, 4) is 0 Å². The molecule has 1 atom stereocenters. The standard InChI is InChI=1S/C13H18ClN3O4S/c1-15(2)11-4-3-7-16(9-11)22(20,21)13-6-5-10(14)8-12(13)17(18)19/h5-6,8,11H,3-4,7,9H2,1-2H3. The maximum absolute atomic E-state index is 12.8. The summed E-state index contributed by atoms with van der Waals surface area (Å²) < 4.78 is 26.8. The lowest BCUT2D eigenvalue weighted by Crippen LogP contribution is -2.47. The molecule has 0 radical (unpaired) electrons. The molecule has 22 heavy (non-hydrogen) atoms. The van der Waals surface area contributed by atoms with Gasteiger partial charge in [0.2, 0.25) is 10.0 Å². The van der Waals surface area contributed by atoms with E-state index in [4.69, 9.17) is 11.6 Å². The second-order valence-electron chi connectivity index (χ2n) is 5.49. The number of hydrogen-bond donors (Lipinski definition) is 0. The molecule has 1 saturated heterocycles. The normalized spacial score (nSPS) is 20.3. The Morgan fingerprint density at radius 1 is 1.41 bits per heavy atom. The van der Waals surface area contributed by atoms with Crippen LogP contribution in [0.3, 0.4) is 0 Å². The number of hydrogen-bond acceptors (Lipinski definition) is 5. The lowest BCUT2D eigenvalue weighted by molar-refractivity contribution is -0.387. The van der Waals surface area contributed by atoms with Gasteiger partial charge in [0.15, 0.2) is 4.90 Å². The van der Waals surface area contributed by atoms with Gasteiger partial charge in [0, 0.05) is 30.2 Å². The molecule has 1 aromatic carbocycles. The largest absolute Gasteiger partial charge is 0.305 e. The highest BCUT2D eigenvalue weighted by molar-refractivity contribution is 7.89. The summed E-state index contributed by atoms with van der Waals surface area (Å²) in [7, 11) is -0.126. The van der Waals surface area contributed by atoms with Gasteiger partial charge in [-0.3, -0.25) is 10.1 Å². The summed E-state index contributed by atoms with van der Waals surface area (Å²) >= 11 is 5.74. The Balaban J connectivity index is 2.40. The first-order chi connectivity index (χ1) is 10.2. The van der Waals surface area contributed by atoms with Crippen molar-refractivity contribution in [2.45, 2.75) is 23.8 Å². The van der Waals surface area contributed by atoms with Gasteiger partial charge in [-0.1, -0.05) is 11.6 Å². The van der Waals surface area contributed by atoms with Gasteiger partial charge in [0.05, 0.1) is 4.92 Å². The summed E-state index contributed by atoms with van der Waals surface area (Å²) in [6, 6.07) is 3.74. The molecule has 1 fully saturated rings. The van der Waals surface area contributed by atoms with Crippen LogP contribution in [0.1, 0.15) is 12.8 Å². The molecular weight excluding hydrogens is 330 g/mol. The molecule has 0 bridgehead atoms. The number of nitro groups is 1. The number of benzene rings is 1. The summed E-state index contributed by atoms with van der Waals surface area (Å²) in [4.78, 5) is 12.1. The molecule has 9 heteroatoms. The van der Waals surface area contributed by atoms with E-state index in [1.807, 2.05) is 19.0 Å². The molecule has 1 aromatic rings. The Morgan fingerprint density at radius 3 is 2.68 bits per heavy atom. The zero-order valence-electron chi connectivity index (χ0n) is 12.4. The summed E-state index contributed by atoms with van der Waals surface area (Å²) in [5.74, 6) is 0. The molecule has 0 spiro atoms. The highest BCUT2D eigenvalue weighted by Crippen LogP contribution is 2.31. The van der Waals surface area contributed by atoms with Crippen LogP contribution in [0, 0.1) is 10.1 Å². The fraction of sp³-hybridized carbons (Fsp3) is 0.538. The topological polar surface area (TPSA) is 83.8 Å². The van der Waals surface area contributed by atoms with Crippen LogP contribution >= 0.6 is 11.6 Å². The van der Waals surface area contributed by atoms with E-state index in [0.717, 1.165) is 18.9 Å². The van der Waals surface area contributed by atoms with Crippen LogP contribution in [-0.2, 0) is 10.0 Å². The molecule has 1 aliphatic heterocycles. The molecule has 0 amide bonds. The second-order valence-corrected chi connectivity index (χ2v) is 7.83. The van der Waals surface area contributed by atoms with Crippen molar-refractivity contribution >= 4 is 27.3 Å². The fourth-order valence-corrected chi connectivity index (χ4v) is 4.37. The van der Waals surface area contributed by atoms with E-state index < -0.39 is 20.6 Å². The summed E-state index contributed by atoms with van der Waals surface area (Å²) in [6.07, 6.45) is 1.63. The Hall–Kier alpha value is -1.22. The Kier molecular flexibility index (Phi) is 5.06. The van der Waals surface area contributed by atoms with E-state index in [-0.39, 0.29) is 16.0 Å². The van der Waals surface area contributed by atoms with Crippen LogP contribution in [0.25, 0.3) is 0 Å². The lowest BCUT2D eigenvalue weighted by Gasteiger charge is -2.35. The van der Waals surface area contributed by atoms with Crippen molar-refractivity contribution in [1.29, 1.82) is 0 Å². The van der Waals surface area contributed by atoms with Gasteiger partial charge in [-0.15, -0.1) is 0 Å². The molecule has 1 unspecified atom stereocenters. The Morgan fingerprint density at radius 2 is 2.09 bits per heavy atom. The van der Waals surface area contributed by atoms with Crippen molar-refractivity contribution in [3.63, 3.8) is 0 Å². The van der Waals surface area contributed by atoms with Crippen LogP contribution in [0.4, 0.5) is 5.69 Å². The number of nitrogens with zero attached hydrogens (tertiary/aromatic N) is 3. The number of rotatable bonds is 4. The minimum absolute atomic E-state index is 0.106. The number of sulfonamides is 1. The maximum Gasteiger partial charge on any atom is 0.290 e. The molecule has 7 nitrogen and oxygen atoms in total. The third-order valence-corrected chi connectivity index (χ3v) is 5.97. The molecule has 0 saturated carbocycles. The number of nitro benzene ring substituents is 1.